The summed E-state index contributed by atoms with van der Waals surface area (Å²) in [5.41, 5.74) is 0. The number of carbonyl (C=O) groups is 2. The number of ether oxygens (including phenoxy) is 1. The summed E-state index contributed by atoms with van der Waals surface area (Å²) in [5.74, 6) is -1.08. The van der Waals surface area contributed by atoms with Crippen molar-refractivity contribution in [1.29, 1.82) is 0 Å². The molecule has 0 radical (unpaired) electrons. The summed E-state index contributed by atoms with van der Waals surface area (Å²) in [6, 6.07) is 0. The zero-order valence-corrected chi connectivity index (χ0v) is 8.40. The first-order valence-corrected chi connectivity index (χ1v) is 4.28. The fourth-order valence-corrected chi connectivity index (χ4v) is 0.800. The molecule has 0 aliphatic heterocycles. The lowest BCUT2D eigenvalue weighted by molar-refractivity contribution is -0.162. The van der Waals surface area contributed by atoms with Crippen molar-refractivity contribution < 1.29 is 19.4 Å². The van der Waals surface area contributed by atoms with Crippen molar-refractivity contribution in [3.8, 4) is 0 Å². The molecule has 0 aromatic heterocycles. The Bertz CT molecular complexity index is 196. The summed E-state index contributed by atoms with van der Waals surface area (Å²) in [6.07, 6.45) is -1.95. The van der Waals surface area contributed by atoms with E-state index in [4.69, 9.17) is 9.84 Å². The normalized spacial score (nSPS) is 15.2. The maximum absolute atomic E-state index is 11.2. The van der Waals surface area contributed by atoms with Gasteiger partial charge in [-0.3, -0.25) is 4.79 Å². The fraction of sp³-hybridized carbons (Fsp3) is 0.778. The lowest BCUT2D eigenvalue weighted by Crippen LogP contribution is -2.31. The van der Waals surface area contributed by atoms with Gasteiger partial charge in [0.25, 0.3) is 0 Å². The first-order chi connectivity index (χ1) is 5.86. The number of ketones is 1. The highest BCUT2D eigenvalue weighted by Gasteiger charge is 2.22. The van der Waals surface area contributed by atoms with Crippen LogP contribution >= 0.6 is 0 Å². The third-order valence-electron chi connectivity index (χ3n) is 1.60. The second-order valence-electron chi connectivity index (χ2n) is 3.31. The number of hydrogen-bond donors (Lipinski definition) is 1. The van der Waals surface area contributed by atoms with Gasteiger partial charge in [-0.1, -0.05) is 13.8 Å². The SMILES string of the molecule is CC(C)C(=O)[C@H](C)OC(=O)[C@@H](C)O. The van der Waals surface area contributed by atoms with Gasteiger partial charge in [0.05, 0.1) is 0 Å². The van der Waals surface area contributed by atoms with E-state index in [9.17, 15) is 9.59 Å². The Morgan fingerprint density at radius 3 is 1.92 bits per heavy atom. The minimum absolute atomic E-state index is 0.144. The number of rotatable bonds is 4. The lowest BCUT2D eigenvalue weighted by atomic mass is 10.1. The van der Waals surface area contributed by atoms with E-state index in [1.54, 1.807) is 13.8 Å². The van der Waals surface area contributed by atoms with Crippen molar-refractivity contribution >= 4 is 11.8 Å². The largest absolute Gasteiger partial charge is 0.453 e. The molecule has 0 amide bonds. The quantitative estimate of drug-likeness (QED) is 0.653. The van der Waals surface area contributed by atoms with Gasteiger partial charge < -0.3 is 9.84 Å². The average Bonchev–Trinajstić information content (AvgIpc) is 2.02. The first-order valence-electron chi connectivity index (χ1n) is 4.28. The molecule has 0 unspecified atom stereocenters. The van der Waals surface area contributed by atoms with Crippen LogP contribution in [0.15, 0.2) is 0 Å². The van der Waals surface area contributed by atoms with Crippen molar-refractivity contribution in [3.63, 3.8) is 0 Å². The number of carbonyl (C=O) groups excluding carboxylic acids is 2. The number of Topliss-reactive ketones (excluding diaryl/α,β-unsaturated/α-hetero) is 1. The zero-order chi connectivity index (χ0) is 10.6. The highest BCUT2D eigenvalue weighted by molar-refractivity contribution is 5.87. The van der Waals surface area contributed by atoms with Crippen LogP contribution in [-0.2, 0) is 14.3 Å². The van der Waals surface area contributed by atoms with Gasteiger partial charge in [0.15, 0.2) is 11.9 Å². The summed E-state index contributed by atoms with van der Waals surface area (Å²) >= 11 is 0. The minimum atomic E-state index is -1.18. The van der Waals surface area contributed by atoms with E-state index in [0.717, 1.165) is 0 Å². The van der Waals surface area contributed by atoms with E-state index in [0.29, 0.717) is 0 Å². The van der Waals surface area contributed by atoms with E-state index in [-0.39, 0.29) is 11.7 Å². The van der Waals surface area contributed by atoms with E-state index >= 15 is 0 Å². The molecule has 2 atom stereocenters. The molecule has 0 aliphatic carbocycles. The van der Waals surface area contributed by atoms with E-state index in [1.165, 1.54) is 13.8 Å². The van der Waals surface area contributed by atoms with Gasteiger partial charge in [0.2, 0.25) is 0 Å². The molecule has 0 bridgehead atoms. The molecule has 0 aromatic rings. The van der Waals surface area contributed by atoms with Gasteiger partial charge in [-0.15, -0.1) is 0 Å². The maximum atomic E-state index is 11.2. The number of esters is 1. The van der Waals surface area contributed by atoms with Gasteiger partial charge in [0.1, 0.15) is 6.10 Å². The second kappa shape index (κ2) is 4.97. The summed E-state index contributed by atoms with van der Waals surface area (Å²) in [5, 5.41) is 8.80. The minimum Gasteiger partial charge on any atom is -0.453 e. The molecule has 0 heterocycles. The van der Waals surface area contributed by atoms with Crippen LogP contribution < -0.4 is 0 Å². The van der Waals surface area contributed by atoms with Crippen LogP contribution in [0, 0.1) is 5.92 Å². The standard InChI is InChI=1S/C9H16O4/c1-5(2)8(11)7(4)13-9(12)6(3)10/h5-7,10H,1-4H3/t6-,7+/m1/s1. The van der Waals surface area contributed by atoms with E-state index in [2.05, 4.69) is 0 Å². The van der Waals surface area contributed by atoms with Crippen molar-refractivity contribution in [1.82, 2.24) is 0 Å². The Kier molecular flexibility index (Phi) is 4.62. The second-order valence-corrected chi connectivity index (χ2v) is 3.31. The molecule has 0 rings (SSSR count). The van der Waals surface area contributed by atoms with Crippen LogP contribution in [0.25, 0.3) is 0 Å². The Balaban J connectivity index is 4.08. The number of hydrogen-bond acceptors (Lipinski definition) is 4. The molecule has 0 aliphatic rings. The van der Waals surface area contributed by atoms with Crippen LogP contribution in [0.5, 0.6) is 0 Å². The van der Waals surface area contributed by atoms with Gasteiger partial charge in [0, 0.05) is 5.92 Å². The first kappa shape index (κ1) is 12.1. The third-order valence-corrected chi connectivity index (χ3v) is 1.60. The summed E-state index contributed by atoms with van der Waals surface area (Å²) < 4.78 is 4.70. The van der Waals surface area contributed by atoms with Gasteiger partial charge in [-0.05, 0) is 13.8 Å². The molecular formula is C9H16O4. The predicted octanol–water partition coefficient (Wildman–Crippen LogP) is 0.524. The average molecular weight is 188 g/mol. The molecule has 13 heavy (non-hydrogen) atoms. The summed E-state index contributed by atoms with van der Waals surface area (Å²) in [7, 11) is 0. The smallest absolute Gasteiger partial charge is 0.335 e. The monoisotopic (exact) mass is 188 g/mol. The molecule has 0 saturated heterocycles. The molecule has 1 N–H and O–H groups in total. The van der Waals surface area contributed by atoms with Crippen LogP contribution in [0.4, 0.5) is 0 Å². The van der Waals surface area contributed by atoms with Crippen molar-refractivity contribution in [3.05, 3.63) is 0 Å². The summed E-state index contributed by atoms with van der Waals surface area (Å²) in [4.78, 5) is 22.1. The Morgan fingerprint density at radius 1 is 1.15 bits per heavy atom. The highest BCUT2D eigenvalue weighted by atomic mass is 16.6. The topological polar surface area (TPSA) is 63.6 Å². The van der Waals surface area contributed by atoms with Crippen LogP contribution in [0.3, 0.4) is 0 Å². The fourth-order valence-electron chi connectivity index (χ4n) is 0.800. The van der Waals surface area contributed by atoms with Crippen LogP contribution in [0.2, 0.25) is 0 Å². The van der Waals surface area contributed by atoms with Gasteiger partial charge in [-0.25, -0.2) is 4.79 Å². The molecule has 0 spiro atoms. The lowest BCUT2D eigenvalue weighted by Gasteiger charge is -2.14. The Labute approximate surface area is 77.9 Å². The van der Waals surface area contributed by atoms with Gasteiger partial charge >= 0.3 is 5.97 Å². The van der Waals surface area contributed by atoms with Crippen molar-refractivity contribution in [2.75, 3.05) is 0 Å². The van der Waals surface area contributed by atoms with Crippen molar-refractivity contribution in [2.45, 2.75) is 39.9 Å². The highest BCUT2D eigenvalue weighted by Crippen LogP contribution is 2.04. The number of aliphatic hydroxyl groups is 1. The predicted molar refractivity (Wildman–Crippen MR) is 47.1 cm³/mol. The van der Waals surface area contributed by atoms with Crippen molar-refractivity contribution in [2.24, 2.45) is 5.92 Å². The molecule has 4 heteroatoms. The molecule has 4 nitrogen and oxygen atoms in total. The van der Waals surface area contributed by atoms with E-state index in [1.807, 2.05) is 0 Å². The summed E-state index contributed by atoms with van der Waals surface area (Å²) in [6.45, 7) is 6.27. The Hall–Kier alpha value is -0.900. The van der Waals surface area contributed by atoms with Crippen LogP contribution in [0.1, 0.15) is 27.7 Å². The van der Waals surface area contributed by atoms with E-state index < -0.39 is 18.2 Å². The molecule has 0 fully saturated rings. The van der Waals surface area contributed by atoms with Gasteiger partial charge in [-0.2, -0.15) is 0 Å². The zero-order valence-electron chi connectivity index (χ0n) is 8.40. The molecule has 0 saturated carbocycles. The maximum Gasteiger partial charge on any atom is 0.335 e. The Morgan fingerprint density at radius 2 is 1.62 bits per heavy atom. The molecular weight excluding hydrogens is 172 g/mol. The molecule has 76 valence electrons. The van der Waals surface area contributed by atoms with Crippen LogP contribution in [-0.4, -0.2) is 29.1 Å². The number of aliphatic hydroxyl groups excluding tert-OH is 1. The molecule has 0 aromatic carbocycles. The third kappa shape index (κ3) is 4.03.